The van der Waals surface area contributed by atoms with Gasteiger partial charge in [-0.1, -0.05) is 12.1 Å². The summed E-state index contributed by atoms with van der Waals surface area (Å²) >= 11 is 0. The number of para-hydroxylation sites is 1. The minimum absolute atomic E-state index is 0.244. The highest BCUT2D eigenvalue weighted by Crippen LogP contribution is 2.28. The average Bonchev–Trinajstić information content (AvgIpc) is 2.70. The van der Waals surface area contributed by atoms with E-state index >= 15 is 0 Å². The summed E-state index contributed by atoms with van der Waals surface area (Å²) in [6, 6.07) is 11.0. The van der Waals surface area contributed by atoms with Gasteiger partial charge in [-0.2, -0.15) is 5.10 Å². The Hall–Kier alpha value is -2.36. The van der Waals surface area contributed by atoms with Crippen LogP contribution in [0.15, 0.2) is 42.6 Å². The highest BCUT2D eigenvalue weighted by atomic mass is 16.3. The van der Waals surface area contributed by atoms with Crippen LogP contribution in [0.3, 0.4) is 0 Å². The maximum absolute atomic E-state index is 9.87. The monoisotopic (exact) mass is 225 g/mol. The second-order valence-corrected chi connectivity index (χ2v) is 3.90. The Labute approximate surface area is 98.2 Å². The molecule has 1 N–H and O–H groups in total. The van der Waals surface area contributed by atoms with Gasteiger partial charge in [0, 0.05) is 17.8 Å². The van der Waals surface area contributed by atoms with Crippen LogP contribution in [0.2, 0.25) is 0 Å². The molecule has 0 bridgehead atoms. The number of nitrogens with zero attached hydrogens (tertiary/aromatic N) is 3. The highest BCUT2D eigenvalue weighted by Gasteiger charge is 2.09. The number of hydrogen-bond acceptors (Lipinski definition) is 3. The van der Waals surface area contributed by atoms with Gasteiger partial charge in [0.1, 0.15) is 5.75 Å². The molecule has 0 saturated carbocycles. The van der Waals surface area contributed by atoms with E-state index in [1.807, 2.05) is 31.2 Å². The third-order valence-electron chi connectivity index (χ3n) is 2.66. The molecule has 84 valence electrons. The molecule has 3 aromatic rings. The van der Waals surface area contributed by atoms with E-state index in [9.17, 15) is 5.11 Å². The summed E-state index contributed by atoms with van der Waals surface area (Å²) in [5, 5.41) is 14.2. The SMILES string of the molecule is Cc1cc2nccc(-c3ccccc3O)n2n1. The van der Waals surface area contributed by atoms with Gasteiger partial charge in [0.15, 0.2) is 5.65 Å². The number of phenols is 1. The number of aryl methyl sites for hydroxylation is 1. The van der Waals surface area contributed by atoms with Crippen LogP contribution in [0, 0.1) is 6.92 Å². The van der Waals surface area contributed by atoms with Crippen LogP contribution >= 0.6 is 0 Å². The topological polar surface area (TPSA) is 50.4 Å². The fraction of sp³-hybridized carbons (Fsp3) is 0.0769. The zero-order valence-corrected chi connectivity index (χ0v) is 9.33. The van der Waals surface area contributed by atoms with Crippen LogP contribution in [-0.2, 0) is 0 Å². The lowest BCUT2D eigenvalue weighted by atomic mass is 10.1. The fourth-order valence-corrected chi connectivity index (χ4v) is 1.90. The Morgan fingerprint density at radius 2 is 2.00 bits per heavy atom. The third kappa shape index (κ3) is 1.54. The summed E-state index contributed by atoms with van der Waals surface area (Å²) in [4.78, 5) is 4.24. The minimum Gasteiger partial charge on any atom is -0.507 e. The van der Waals surface area contributed by atoms with Gasteiger partial charge in [-0.05, 0) is 25.1 Å². The molecule has 0 amide bonds. The van der Waals surface area contributed by atoms with Crippen molar-refractivity contribution in [2.45, 2.75) is 6.92 Å². The maximum atomic E-state index is 9.87. The van der Waals surface area contributed by atoms with Gasteiger partial charge < -0.3 is 5.11 Å². The number of rotatable bonds is 1. The van der Waals surface area contributed by atoms with E-state index in [1.54, 1.807) is 22.8 Å². The number of aromatic hydroxyl groups is 1. The quantitative estimate of drug-likeness (QED) is 0.691. The molecule has 2 heterocycles. The van der Waals surface area contributed by atoms with Crippen molar-refractivity contribution >= 4 is 5.65 Å². The van der Waals surface area contributed by atoms with E-state index in [0.29, 0.717) is 0 Å². The van der Waals surface area contributed by atoms with Crippen molar-refractivity contribution in [2.24, 2.45) is 0 Å². The number of benzene rings is 1. The summed E-state index contributed by atoms with van der Waals surface area (Å²) < 4.78 is 1.74. The van der Waals surface area contributed by atoms with Crippen molar-refractivity contribution < 1.29 is 5.11 Å². The van der Waals surface area contributed by atoms with Crippen molar-refractivity contribution in [2.75, 3.05) is 0 Å². The Morgan fingerprint density at radius 1 is 1.18 bits per heavy atom. The number of hydrogen-bond donors (Lipinski definition) is 1. The Morgan fingerprint density at radius 3 is 2.82 bits per heavy atom. The molecule has 3 rings (SSSR count). The largest absolute Gasteiger partial charge is 0.507 e. The van der Waals surface area contributed by atoms with E-state index in [2.05, 4.69) is 10.1 Å². The minimum atomic E-state index is 0.244. The van der Waals surface area contributed by atoms with Crippen LogP contribution in [0.5, 0.6) is 5.75 Å². The molecule has 0 atom stereocenters. The standard InChI is InChI=1S/C13H11N3O/c1-9-8-13-14-7-6-11(16(13)15-9)10-4-2-3-5-12(10)17/h2-8,17H,1H3. The zero-order chi connectivity index (χ0) is 11.8. The molecule has 1 aromatic carbocycles. The number of phenolic OH excluding ortho intramolecular Hbond substituents is 1. The molecule has 0 saturated heterocycles. The molecule has 17 heavy (non-hydrogen) atoms. The molecule has 0 radical (unpaired) electrons. The lowest BCUT2D eigenvalue weighted by Crippen LogP contribution is -1.95. The molecule has 0 aliphatic carbocycles. The first-order valence-electron chi connectivity index (χ1n) is 5.35. The summed E-state index contributed by atoms with van der Waals surface area (Å²) in [7, 11) is 0. The van der Waals surface area contributed by atoms with Gasteiger partial charge in [-0.25, -0.2) is 9.50 Å². The predicted octanol–water partition coefficient (Wildman–Crippen LogP) is 2.41. The lowest BCUT2D eigenvalue weighted by Gasteiger charge is -2.06. The molecule has 4 heteroatoms. The molecular weight excluding hydrogens is 214 g/mol. The molecule has 0 aliphatic heterocycles. The molecule has 4 nitrogen and oxygen atoms in total. The van der Waals surface area contributed by atoms with Crippen molar-refractivity contribution in [3.63, 3.8) is 0 Å². The second kappa shape index (κ2) is 3.59. The van der Waals surface area contributed by atoms with Crippen LogP contribution in [-0.4, -0.2) is 19.7 Å². The van der Waals surface area contributed by atoms with Crippen molar-refractivity contribution in [3.05, 3.63) is 48.3 Å². The molecule has 0 fully saturated rings. The molecular formula is C13H11N3O. The molecule has 2 aromatic heterocycles. The Kier molecular flexibility index (Phi) is 2.08. The van der Waals surface area contributed by atoms with Gasteiger partial charge in [0.05, 0.1) is 11.4 Å². The van der Waals surface area contributed by atoms with Gasteiger partial charge in [0.25, 0.3) is 0 Å². The summed E-state index contributed by atoms with van der Waals surface area (Å²) in [6.07, 6.45) is 1.72. The zero-order valence-electron chi connectivity index (χ0n) is 9.33. The third-order valence-corrected chi connectivity index (χ3v) is 2.66. The van der Waals surface area contributed by atoms with Crippen molar-refractivity contribution in [3.8, 4) is 17.0 Å². The smallest absolute Gasteiger partial charge is 0.155 e. The van der Waals surface area contributed by atoms with Crippen LogP contribution in [0.25, 0.3) is 16.9 Å². The second-order valence-electron chi connectivity index (χ2n) is 3.90. The van der Waals surface area contributed by atoms with E-state index in [-0.39, 0.29) is 5.75 Å². The van der Waals surface area contributed by atoms with E-state index in [1.165, 1.54) is 0 Å². The van der Waals surface area contributed by atoms with Gasteiger partial charge in [-0.3, -0.25) is 0 Å². The maximum Gasteiger partial charge on any atom is 0.155 e. The first kappa shape index (κ1) is 9.84. The fourth-order valence-electron chi connectivity index (χ4n) is 1.90. The summed E-state index contributed by atoms with van der Waals surface area (Å²) in [6.45, 7) is 1.92. The van der Waals surface area contributed by atoms with Crippen LogP contribution < -0.4 is 0 Å². The normalized spacial score (nSPS) is 10.9. The molecule has 0 spiro atoms. The van der Waals surface area contributed by atoms with E-state index < -0.39 is 0 Å². The molecule has 0 aliphatic rings. The van der Waals surface area contributed by atoms with E-state index in [4.69, 9.17) is 0 Å². The van der Waals surface area contributed by atoms with E-state index in [0.717, 1.165) is 22.6 Å². The van der Waals surface area contributed by atoms with Crippen molar-refractivity contribution in [1.82, 2.24) is 14.6 Å². The number of aromatic nitrogens is 3. The highest BCUT2D eigenvalue weighted by molar-refractivity contribution is 5.68. The van der Waals surface area contributed by atoms with Gasteiger partial charge in [-0.15, -0.1) is 0 Å². The van der Waals surface area contributed by atoms with Crippen molar-refractivity contribution in [1.29, 1.82) is 0 Å². The Balaban J connectivity index is 2.34. The Bertz CT molecular complexity index is 688. The first-order valence-corrected chi connectivity index (χ1v) is 5.35. The van der Waals surface area contributed by atoms with Gasteiger partial charge >= 0.3 is 0 Å². The predicted molar refractivity (Wildman–Crippen MR) is 64.8 cm³/mol. The molecule has 0 unspecified atom stereocenters. The van der Waals surface area contributed by atoms with Crippen LogP contribution in [0.4, 0.5) is 0 Å². The lowest BCUT2D eigenvalue weighted by molar-refractivity contribution is 0.477. The first-order chi connectivity index (χ1) is 8.25. The summed E-state index contributed by atoms with van der Waals surface area (Å²) in [5.41, 5.74) is 3.27. The summed E-state index contributed by atoms with van der Waals surface area (Å²) in [5.74, 6) is 0.244. The average molecular weight is 225 g/mol. The number of fused-ring (bicyclic) bond motifs is 1. The van der Waals surface area contributed by atoms with Gasteiger partial charge in [0.2, 0.25) is 0 Å². The van der Waals surface area contributed by atoms with Crippen LogP contribution in [0.1, 0.15) is 5.69 Å².